The first-order valence-corrected chi connectivity index (χ1v) is 16.7. The van der Waals surface area contributed by atoms with Gasteiger partial charge in [0.15, 0.2) is 6.10 Å². The summed E-state index contributed by atoms with van der Waals surface area (Å²) in [5.74, 6) is 0.626. The number of piperidine rings is 1. The molecule has 0 aromatic heterocycles. The number of benzene rings is 3. The molecule has 12 heteroatoms. The lowest BCUT2D eigenvalue weighted by atomic mass is 10.1. The average molecular weight is 638 g/mol. The van der Waals surface area contributed by atoms with E-state index in [0.717, 1.165) is 25.2 Å². The summed E-state index contributed by atoms with van der Waals surface area (Å²) in [6.07, 6.45) is -0.332. The highest BCUT2D eigenvalue weighted by Crippen LogP contribution is 2.59. The number of sulfonamides is 1. The lowest BCUT2D eigenvalue weighted by Crippen LogP contribution is -2.29. The van der Waals surface area contributed by atoms with Gasteiger partial charge in [0.1, 0.15) is 12.4 Å². The van der Waals surface area contributed by atoms with Crippen molar-refractivity contribution in [2.75, 3.05) is 39.5 Å². The number of carbonyl (C=O) groups is 1. The molecule has 3 aromatic carbocycles. The van der Waals surface area contributed by atoms with Crippen molar-refractivity contribution in [2.24, 2.45) is 11.8 Å². The van der Waals surface area contributed by atoms with Crippen LogP contribution in [0.1, 0.15) is 36.5 Å². The smallest absolute Gasteiger partial charge is 0.335 e. The Kier molecular flexibility index (Phi) is 10.5. The number of nitrogens with zero attached hydrogens (tertiary/aromatic N) is 2. The molecule has 3 aromatic rings. The maximum atomic E-state index is 13.4. The Balaban J connectivity index is 1.17. The summed E-state index contributed by atoms with van der Waals surface area (Å²) in [4.78, 5) is 25.6. The molecule has 0 radical (unpaired) electrons. The zero-order valence-electron chi connectivity index (χ0n) is 25.5. The van der Waals surface area contributed by atoms with Gasteiger partial charge in [-0.15, -0.1) is 0 Å². The van der Waals surface area contributed by atoms with Crippen LogP contribution < -0.4 is 9.46 Å². The zero-order valence-corrected chi connectivity index (χ0v) is 26.3. The fraction of sp³-hybridized carbons (Fsp3) is 0.424. The van der Waals surface area contributed by atoms with Crippen LogP contribution in [-0.4, -0.2) is 69.8 Å². The molecule has 1 aliphatic carbocycles. The lowest BCUT2D eigenvalue weighted by molar-refractivity contribution is -0.385. The van der Waals surface area contributed by atoms with Gasteiger partial charge >= 0.3 is 5.97 Å². The summed E-state index contributed by atoms with van der Waals surface area (Å²) in [6, 6.07) is 21.3. The molecule has 1 saturated heterocycles. The van der Waals surface area contributed by atoms with E-state index >= 15 is 0 Å². The van der Waals surface area contributed by atoms with Crippen LogP contribution in [0.2, 0.25) is 0 Å². The number of hydrogen-bond acceptors (Lipinski definition) is 9. The van der Waals surface area contributed by atoms with Crippen LogP contribution in [0, 0.1) is 22.0 Å². The molecule has 2 aliphatic rings. The van der Waals surface area contributed by atoms with E-state index in [0.29, 0.717) is 24.3 Å². The highest BCUT2D eigenvalue weighted by Gasteiger charge is 2.57. The number of nitro groups is 1. The van der Waals surface area contributed by atoms with E-state index in [4.69, 9.17) is 14.2 Å². The largest absolute Gasteiger partial charge is 0.492 e. The summed E-state index contributed by atoms with van der Waals surface area (Å²) >= 11 is 0. The van der Waals surface area contributed by atoms with Crippen molar-refractivity contribution in [1.29, 1.82) is 0 Å². The number of hydrogen-bond donors (Lipinski definition) is 1. The zero-order chi connectivity index (χ0) is 32.0. The number of fused-ring (bicyclic) bond motifs is 1. The van der Waals surface area contributed by atoms with E-state index in [2.05, 4.69) is 21.8 Å². The normalized spacial score (nSPS) is 19.9. The van der Waals surface area contributed by atoms with Crippen molar-refractivity contribution in [3.05, 3.63) is 99.6 Å². The number of nitro benzene ring substituents is 1. The molecule has 0 bridgehead atoms. The number of esters is 1. The van der Waals surface area contributed by atoms with Crippen LogP contribution in [0.4, 0.5) is 5.69 Å². The first kappa shape index (κ1) is 32.6. The Morgan fingerprint density at radius 2 is 1.71 bits per heavy atom. The van der Waals surface area contributed by atoms with E-state index in [1.165, 1.54) is 23.8 Å². The molecule has 4 atom stereocenters. The first-order chi connectivity index (χ1) is 21.7. The topological polar surface area (TPSA) is 137 Å². The highest BCUT2D eigenvalue weighted by atomic mass is 32.2. The summed E-state index contributed by atoms with van der Waals surface area (Å²) in [5.41, 5.74) is 2.49. The standard InChI is InChI=1S/C33H39N3O8S/c1-3-42-30(33(37)43-4-2)18-23-10-13-26(14-11-23)44-17-16-34-45(40,41)31-15-12-25(36(38)39)19-27(31)32-28-21-35(22-29(28)32)20-24-8-6-5-7-9-24/h5-15,19,28-30,32,34H,3-4,16-18,20-22H2,1-2H3/t28-,29?,30+,32?/m1/s1. The summed E-state index contributed by atoms with van der Waals surface area (Å²) < 4.78 is 45.8. The maximum absolute atomic E-state index is 13.4. The van der Waals surface area contributed by atoms with E-state index in [1.54, 1.807) is 19.1 Å². The molecule has 2 unspecified atom stereocenters. The Morgan fingerprint density at radius 3 is 2.36 bits per heavy atom. The quantitative estimate of drug-likeness (QED) is 0.105. The van der Waals surface area contributed by atoms with Gasteiger partial charge < -0.3 is 14.2 Å². The molecular formula is C33H39N3O8S. The molecule has 5 rings (SSSR count). The van der Waals surface area contributed by atoms with Crippen LogP contribution in [-0.2, 0) is 37.3 Å². The molecule has 1 heterocycles. The monoisotopic (exact) mass is 637 g/mol. The lowest BCUT2D eigenvalue weighted by Gasteiger charge is -2.20. The second-order valence-corrected chi connectivity index (χ2v) is 13.0. The minimum atomic E-state index is -3.95. The van der Waals surface area contributed by atoms with Crippen LogP contribution in [0.3, 0.4) is 0 Å². The second kappa shape index (κ2) is 14.5. The molecule has 1 saturated carbocycles. The molecule has 45 heavy (non-hydrogen) atoms. The van der Waals surface area contributed by atoms with Gasteiger partial charge in [0, 0.05) is 51.3 Å². The minimum Gasteiger partial charge on any atom is -0.492 e. The molecule has 1 aliphatic heterocycles. The maximum Gasteiger partial charge on any atom is 0.335 e. The van der Waals surface area contributed by atoms with Gasteiger partial charge in [0.05, 0.1) is 16.4 Å². The predicted molar refractivity (Wildman–Crippen MR) is 167 cm³/mol. The highest BCUT2D eigenvalue weighted by molar-refractivity contribution is 7.89. The third kappa shape index (κ3) is 8.06. The Labute approximate surface area is 263 Å². The Morgan fingerprint density at radius 1 is 1.00 bits per heavy atom. The Hall–Kier alpha value is -3.84. The molecule has 0 amide bonds. The first-order valence-electron chi connectivity index (χ1n) is 15.2. The van der Waals surface area contributed by atoms with Gasteiger partial charge in [-0.1, -0.05) is 42.5 Å². The number of likely N-dealkylation sites (tertiary alicyclic amines) is 1. The molecule has 240 valence electrons. The predicted octanol–water partition coefficient (Wildman–Crippen LogP) is 4.31. The van der Waals surface area contributed by atoms with Crippen LogP contribution >= 0.6 is 0 Å². The van der Waals surface area contributed by atoms with Crippen molar-refractivity contribution in [1.82, 2.24) is 9.62 Å². The molecular weight excluding hydrogens is 598 g/mol. The van der Waals surface area contributed by atoms with Gasteiger partial charge in [-0.05, 0) is 66.5 Å². The number of nitrogens with one attached hydrogen (secondary N) is 1. The van der Waals surface area contributed by atoms with E-state index in [1.807, 2.05) is 37.3 Å². The number of ether oxygens (including phenoxy) is 3. The van der Waals surface area contributed by atoms with Gasteiger partial charge in [-0.3, -0.25) is 15.0 Å². The van der Waals surface area contributed by atoms with E-state index < -0.39 is 27.0 Å². The molecule has 1 N–H and O–H groups in total. The average Bonchev–Trinajstić information content (AvgIpc) is 3.53. The molecule has 2 fully saturated rings. The van der Waals surface area contributed by atoms with E-state index in [-0.39, 0.29) is 48.1 Å². The van der Waals surface area contributed by atoms with Gasteiger partial charge in [0.2, 0.25) is 10.0 Å². The SMILES string of the molecule is CCOC(=O)[C@H](Cc1ccc(OCCNS(=O)(=O)c2ccc([N+](=O)[O-])cc2C2C3CN(Cc4ccccc4)C[C@H]32)cc1)OCC. The summed E-state index contributed by atoms with van der Waals surface area (Å²) in [7, 11) is -3.95. The molecule has 0 spiro atoms. The van der Waals surface area contributed by atoms with Crippen molar-refractivity contribution < 1.29 is 32.3 Å². The van der Waals surface area contributed by atoms with Crippen molar-refractivity contribution in [3.8, 4) is 5.75 Å². The van der Waals surface area contributed by atoms with Gasteiger partial charge in [-0.2, -0.15) is 0 Å². The van der Waals surface area contributed by atoms with Crippen molar-refractivity contribution in [2.45, 2.75) is 43.7 Å². The van der Waals surface area contributed by atoms with E-state index in [9.17, 15) is 23.3 Å². The van der Waals surface area contributed by atoms with Gasteiger partial charge in [-0.25, -0.2) is 17.9 Å². The number of rotatable bonds is 16. The summed E-state index contributed by atoms with van der Waals surface area (Å²) in [5, 5.41) is 11.6. The number of non-ortho nitro benzene ring substituents is 1. The van der Waals surface area contributed by atoms with Crippen molar-refractivity contribution in [3.63, 3.8) is 0 Å². The minimum absolute atomic E-state index is 0.0121. The van der Waals surface area contributed by atoms with Gasteiger partial charge in [0.25, 0.3) is 5.69 Å². The summed E-state index contributed by atoms with van der Waals surface area (Å²) in [6.45, 7) is 6.78. The fourth-order valence-corrected chi connectivity index (χ4v) is 7.47. The Bertz CT molecular complexity index is 1570. The van der Waals surface area contributed by atoms with Crippen LogP contribution in [0.15, 0.2) is 77.7 Å². The van der Waals surface area contributed by atoms with Crippen molar-refractivity contribution >= 4 is 21.7 Å². The second-order valence-electron chi connectivity index (χ2n) is 11.3. The third-order valence-corrected chi connectivity index (χ3v) is 9.83. The van der Waals surface area contributed by atoms with Crippen LogP contribution in [0.5, 0.6) is 5.75 Å². The molecule has 11 nitrogen and oxygen atoms in total. The third-order valence-electron chi connectivity index (χ3n) is 8.30. The fourth-order valence-electron chi connectivity index (χ4n) is 6.21. The number of carbonyl (C=O) groups excluding carboxylic acids is 1. The van der Waals surface area contributed by atoms with Crippen LogP contribution in [0.25, 0.3) is 0 Å².